The van der Waals surface area contributed by atoms with Crippen LogP contribution in [-0.2, 0) is 10.3 Å². The van der Waals surface area contributed by atoms with Crippen LogP contribution in [-0.4, -0.2) is 35.8 Å². The van der Waals surface area contributed by atoms with E-state index in [0.29, 0.717) is 0 Å². The van der Waals surface area contributed by atoms with Gasteiger partial charge < -0.3 is 10.2 Å². The Hall–Kier alpha value is -2.14. The van der Waals surface area contributed by atoms with Gasteiger partial charge >= 0.3 is 0 Å². The normalized spacial score (nSPS) is 17.4. The fourth-order valence-corrected chi connectivity index (χ4v) is 2.98. The van der Waals surface area contributed by atoms with Crippen molar-refractivity contribution < 1.29 is 4.79 Å². The van der Waals surface area contributed by atoms with Gasteiger partial charge in [0.15, 0.2) is 0 Å². The van der Waals surface area contributed by atoms with E-state index in [-0.39, 0.29) is 5.91 Å². The molecule has 0 saturated carbocycles. The lowest BCUT2D eigenvalue weighted by Crippen LogP contribution is -2.55. The molecule has 1 aromatic heterocycles. The maximum atomic E-state index is 13.2. The van der Waals surface area contributed by atoms with Crippen LogP contribution in [0.25, 0.3) is 0 Å². The van der Waals surface area contributed by atoms with Crippen LogP contribution in [0.15, 0.2) is 48.8 Å². The Bertz CT molecular complexity index is 588. The first-order valence-corrected chi connectivity index (χ1v) is 7.28. The summed E-state index contributed by atoms with van der Waals surface area (Å²) in [5, 5.41) is 7.67. The fraction of sp³-hybridized carbons (Fsp3) is 0.375. The average Bonchev–Trinajstić information content (AvgIpc) is 3.10. The maximum Gasteiger partial charge on any atom is 0.254 e. The number of benzene rings is 1. The second kappa shape index (κ2) is 5.69. The van der Waals surface area contributed by atoms with Crippen LogP contribution in [0.4, 0.5) is 5.69 Å². The Kier molecular flexibility index (Phi) is 3.75. The van der Waals surface area contributed by atoms with E-state index in [9.17, 15) is 4.79 Å². The van der Waals surface area contributed by atoms with Crippen LogP contribution >= 0.6 is 0 Å². The molecule has 1 aromatic carbocycles. The van der Waals surface area contributed by atoms with E-state index in [2.05, 4.69) is 10.4 Å². The molecular weight excluding hydrogens is 264 g/mol. The number of para-hydroxylation sites is 1. The minimum atomic E-state index is -0.584. The molecule has 3 rings (SSSR count). The quantitative estimate of drug-likeness (QED) is 0.932. The molecule has 1 aliphatic rings. The number of piperidine rings is 1. The largest absolute Gasteiger partial charge is 0.317 e. The molecule has 1 fully saturated rings. The monoisotopic (exact) mass is 284 g/mol. The van der Waals surface area contributed by atoms with Crippen molar-refractivity contribution in [2.45, 2.75) is 18.4 Å². The Morgan fingerprint density at radius 2 is 1.95 bits per heavy atom. The summed E-state index contributed by atoms with van der Waals surface area (Å²) in [6, 6.07) is 11.6. The zero-order valence-electron chi connectivity index (χ0n) is 12.2. The number of amides is 1. The molecule has 110 valence electrons. The number of nitrogens with zero attached hydrogens (tertiary/aromatic N) is 3. The van der Waals surface area contributed by atoms with E-state index < -0.39 is 5.54 Å². The average molecular weight is 284 g/mol. The van der Waals surface area contributed by atoms with Crippen molar-refractivity contribution in [2.24, 2.45) is 0 Å². The Labute approximate surface area is 124 Å². The van der Waals surface area contributed by atoms with Gasteiger partial charge in [-0.15, -0.1) is 0 Å². The minimum absolute atomic E-state index is 0.0962. The summed E-state index contributed by atoms with van der Waals surface area (Å²) in [6.07, 6.45) is 5.14. The van der Waals surface area contributed by atoms with Crippen molar-refractivity contribution in [3.63, 3.8) is 0 Å². The van der Waals surface area contributed by atoms with Gasteiger partial charge in [0.2, 0.25) is 0 Å². The van der Waals surface area contributed by atoms with Crippen molar-refractivity contribution >= 4 is 11.6 Å². The number of hydrogen-bond donors (Lipinski definition) is 1. The molecule has 1 amide bonds. The molecule has 0 bridgehead atoms. The van der Waals surface area contributed by atoms with E-state index in [1.807, 2.05) is 54.3 Å². The van der Waals surface area contributed by atoms with Crippen LogP contribution in [0.2, 0.25) is 0 Å². The summed E-state index contributed by atoms with van der Waals surface area (Å²) in [5.41, 5.74) is 0.326. The molecule has 21 heavy (non-hydrogen) atoms. The molecule has 0 spiro atoms. The number of rotatable bonds is 3. The van der Waals surface area contributed by atoms with E-state index in [4.69, 9.17) is 0 Å². The van der Waals surface area contributed by atoms with Gasteiger partial charge in [0.25, 0.3) is 5.91 Å². The van der Waals surface area contributed by atoms with Gasteiger partial charge in [0.1, 0.15) is 5.54 Å². The summed E-state index contributed by atoms with van der Waals surface area (Å²) in [7, 11) is 1.84. The number of carbonyl (C=O) groups excluding carboxylic acids is 1. The molecule has 5 heteroatoms. The summed E-state index contributed by atoms with van der Waals surface area (Å²) in [5.74, 6) is 0.0962. The third kappa shape index (κ3) is 2.45. The van der Waals surface area contributed by atoms with Crippen LogP contribution in [0.1, 0.15) is 12.8 Å². The standard InChI is InChI=1S/C16H20N4O/c1-19(14-6-3-2-4-7-14)15(21)16(8-11-17-12-9-16)20-13-5-10-18-20/h2-7,10,13,17H,8-9,11-12H2,1H3. The molecule has 1 saturated heterocycles. The van der Waals surface area contributed by atoms with Gasteiger partial charge in [-0.3, -0.25) is 9.48 Å². The Morgan fingerprint density at radius 1 is 1.24 bits per heavy atom. The summed E-state index contributed by atoms with van der Waals surface area (Å²) >= 11 is 0. The number of likely N-dealkylation sites (N-methyl/N-ethyl adjacent to an activating group) is 1. The van der Waals surface area contributed by atoms with Crippen LogP contribution in [0.3, 0.4) is 0 Å². The summed E-state index contributed by atoms with van der Waals surface area (Å²) in [6.45, 7) is 1.66. The summed E-state index contributed by atoms with van der Waals surface area (Å²) < 4.78 is 1.83. The van der Waals surface area contributed by atoms with Gasteiger partial charge in [-0.2, -0.15) is 5.10 Å². The van der Waals surface area contributed by atoms with Crippen molar-refractivity contribution in [3.05, 3.63) is 48.8 Å². The molecule has 2 heterocycles. The fourth-order valence-electron chi connectivity index (χ4n) is 2.98. The topological polar surface area (TPSA) is 50.2 Å². The SMILES string of the molecule is CN(C(=O)C1(n2cccn2)CCNCC1)c1ccccc1. The maximum absolute atomic E-state index is 13.2. The molecule has 0 atom stereocenters. The van der Waals surface area contributed by atoms with Crippen molar-refractivity contribution in [3.8, 4) is 0 Å². The zero-order chi connectivity index (χ0) is 14.7. The number of aromatic nitrogens is 2. The smallest absolute Gasteiger partial charge is 0.254 e. The summed E-state index contributed by atoms with van der Waals surface area (Å²) in [4.78, 5) is 14.9. The van der Waals surface area contributed by atoms with Gasteiger partial charge in [-0.25, -0.2) is 0 Å². The van der Waals surface area contributed by atoms with Crippen molar-refractivity contribution in [2.75, 3.05) is 25.0 Å². The third-order valence-electron chi connectivity index (χ3n) is 4.22. The van der Waals surface area contributed by atoms with Crippen molar-refractivity contribution in [1.29, 1.82) is 0 Å². The molecule has 1 N–H and O–H groups in total. The second-order valence-electron chi connectivity index (χ2n) is 5.43. The predicted molar refractivity (Wildman–Crippen MR) is 82.2 cm³/mol. The lowest BCUT2D eigenvalue weighted by atomic mass is 9.86. The first-order valence-electron chi connectivity index (χ1n) is 7.28. The Morgan fingerprint density at radius 3 is 2.57 bits per heavy atom. The molecule has 1 aliphatic heterocycles. The first-order chi connectivity index (χ1) is 10.2. The van der Waals surface area contributed by atoms with Gasteiger partial charge in [0.05, 0.1) is 0 Å². The minimum Gasteiger partial charge on any atom is -0.317 e. The number of anilines is 1. The molecule has 2 aromatic rings. The van der Waals surface area contributed by atoms with Crippen LogP contribution in [0, 0.1) is 0 Å². The molecule has 0 aliphatic carbocycles. The van der Waals surface area contributed by atoms with Gasteiger partial charge in [0, 0.05) is 25.1 Å². The van der Waals surface area contributed by atoms with Gasteiger partial charge in [-0.1, -0.05) is 18.2 Å². The molecule has 0 unspecified atom stereocenters. The van der Waals surface area contributed by atoms with Gasteiger partial charge in [-0.05, 0) is 44.1 Å². The lowest BCUT2D eigenvalue weighted by Gasteiger charge is -2.39. The molecule has 5 nitrogen and oxygen atoms in total. The zero-order valence-corrected chi connectivity index (χ0v) is 12.2. The lowest BCUT2D eigenvalue weighted by molar-refractivity contribution is -0.128. The number of hydrogen-bond acceptors (Lipinski definition) is 3. The highest BCUT2D eigenvalue weighted by Gasteiger charge is 2.43. The molecular formula is C16H20N4O. The van der Waals surface area contributed by atoms with Crippen LogP contribution in [0.5, 0.6) is 0 Å². The van der Waals surface area contributed by atoms with E-state index in [0.717, 1.165) is 31.6 Å². The predicted octanol–water partition coefficient (Wildman–Crippen LogP) is 1.62. The highest BCUT2D eigenvalue weighted by Crippen LogP contribution is 2.30. The highest BCUT2D eigenvalue weighted by molar-refractivity contribution is 5.98. The second-order valence-corrected chi connectivity index (χ2v) is 5.43. The highest BCUT2D eigenvalue weighted by atomic mass is 16.2. The van der Waals surface area contributed by atoms with E-state index >= 15 is 0 Å². The van der Waals surface area contributed by atoms with E-state index in [1.54, 1.807) is 11.1 Å². The molecule has 0 radical (unpaired) electrons. The van der Waals surface area contributed by atoms with E-state index in [1.165, 1.54) is 0 Å². The first kappa shape index (κ1) is 13.8. The van der Waals surface area contributed by atoms with Crippen molar-refractivity contribution in [1.82, 2.24) is 15.1 Å². The Balaban J connectivity index is 1.95. The number of carbonyl (C=O) groups is 1. The van der Waals surface area contributed by atoms with Crippen LogP contribution < -0.4 is 10.2 Å². The third-order valence-corrected chi connectivity index (χ3v) is 4.22. The number of nitrogens with one attached hydrogen (secondary N) is 1.